The Labute approximate surface area is 177 Å². The number of nitrogens with zero attached hydrogens (tertiary/aromatic N) is 3. The summed E-state index contributed by atoms with van der Waals surface area (Å²) in [5, 5.41) is 2.81. The normalized spacial score (nSPS) is 14.2. The van der Waals surface area contributed by atoms with Crippen LogP contribution in [0.3, 0.4) is 0 Å². The number of amides is 2. The molecule has 0 spiro atoms. The fraction of sp³-hybridized carbons (Fsp3) is 0.348. The topological polar surface area (TPSA) is 74.8 Å². The van der Waals surface area contributed by atoms with Crippen LogP contribution in [0.5, 0.6) is 5.75 Å². The van der Waals surface area contributed by atoms with Gasteiger partial charge in [0.1, 0.15) is 11.6 Å². The summed E-state index contributed by atoms with van der Waals surface area (Å²) in [4.78, 5) is 32.3. The van der Waals surface area contributed by atoms with E-state index in [1.165, 1.54) is 0 Å². The highest BCUT2D eigenvalue weighted by Crippen LogP contribution is 2.25. The molecule has 0 atom stereocenters. The molecule has 1 aromatic heterocycles. The summed E-state index contributed by atoms with van der Waals surface area (Å²) in [7, 11) is 3.65. The van der Waals surface area contributed by atoms with Gasteiger partial charge >= 0.3 is 0 Å². The number of benzene rings is 1. The maximum atomic E-state index is 12.6. The molecule has 2 aromatic rings. The Morgan fingerprint density at radius 2 is 2.17 bits per heavy atom. The van der Waals surface area contributed by atoms with Crippen molar-refractivity contribution in [2.75, 3.05) is 32.6 Å². The number of fused-ring (bicyclic) bond motifs is 1. The van der Waals surface area contributed by atoms with Gasteiger partial charge in [0.2, 0.25) is 11.8 Å². The monoisotopic (exact) mass is 408 g/mol. The molecule has 7 heteroatoms. The lowest BCUT2D eigenvalue weighted by atomic mass is 10.1. The van der Waals surface area contributed by atoms with E-state index in [4.69, 9.17) is 4.74 Å². The molecule has 0 saturated carbocycles. The largest absolute Gasteiger partial charge is 0.493 e. The van der Waals surface area contributed by atoms with Crippen molar-refractivity contribution in [3.05, 3.63) is 58.8 Å². The van der Waals surface area contributed by atoms with E-state index in [2.05, 4.69) is 10.3 Å². The first-order valence-corrected chi connectivity index (χ1v) is 9.99. The lowest BCUT2D eigenvalue weighted by molar-refractivity contribution is -0.125. The zero-order valence-corrected chi connectivity index (χ0v) is 17.9. The Hall–Kier alpha value is -3.19. The number of aryl methyl sites for hydroxylation is 1. The Morgan fingerprint density at radius 3 is 2.93 bits per heavy atom. The van der Waals surface area contributed by atoms with E-state index in [0.717, 1.165) is 28.0 Å². The van der Waals surface area contributed by atoms with E-state index in [1.54, 1.807) is 30.3 Å². The molecule has 1 N–H and O–H groups in total. The predicted molar refractivity (Wildman–Crippen MR) is 117 cm³/mol. The summed E-state index contributed by atoms with van der Waals surface area (Å²) in [6, 6.07) is 7.90. The quantitative estimate of drug-likeness (QED) is 0.744. The number of hydrogen-bond acceptors (Lipinski definition) is 5. The molecule has 7 nitrogen and oxygen atoms in total. The predicted octanol–water partition coefficient (Wildman–Crippen LogP) is 2.84. The van der Waals surface area contributed by atoms with Crippen LogP contribution < -0.4 is 10.1 Å². The zero-order valence-electron chi connectivity index (χ0n) is 17.9. The molecule has 1 aromatic carbocycles. The SMILES string of the molecule is CCOc1c(C)cccc1CN(C)C(=O)/C=C/c1cnc2c(c1)CN(C)CC(=O)N2. The number of para-hydroxylation sites is 1. The number of pyridine rings is 1. The fourth-order valence-corrected chi connectivity index (χ4v) is 3.43. The molecule has 0 bridgehead atoms. The van der Waals surface area contributed by atoms with E-state index in [1.807, 2.05) is 50.1 Å². The summed E-state index contributed by atoms with van der Waals surface area (Å²) >= 11 is 0. The van der Waals surface area contributed by atoms with Crippen molar-refractivity contribution in [3.63, 3.8) is 0 Å². The molecule has 2 amide bonds. The van der Waals surface area contributed by atoms with Gasteiger partial charge in [0, 0.05) is 43.5 Å². The number of carbonyl (C=O) groups excluding carboxylic acids is 2. The van der Waals surface area contributed by atoms with Crippen LogP contribution in [0.1, 0.15) is 29.2 Å². The van der Waals surface area contributed by atoms with Crippen molar-refractivity contribution in [1.29, 1.82) is 0 Å². The number of aromatic nitrogens is 1. The lowest BCUT2D eigenvalue weighted by Gasteiger charge is -2.19. The van der Waals surface area contributed by atoms with Gasteiger partial charge < -0.3 is 15.0 Å². The number of likely N-dealkylation sites (N-methyl/N-ethyl adjacent to an activating group) is 2. The van der Waals surface area contributed by atoms with Gasteiger partial charge in [0.15, 0.2) is 0 Å². The van der Waals surface area contributed by atoms with E-state index < -0.39 is 0 Å². The van der Waals surface area contributed by atoms with Crippen LogP contribution in [0.4, 0.5) is 5.82 Å². The van der Waals surface area contributed by atoms with Crippen molar-refractivity contribution in [2.45, 2.75) is 26.9 Å². The fourth-order valence-electron chi connectivity index (χ4n) is 3.43. The van der Waals surface area contributed by atoms with Gasteiger partial charge in [0.05, 0.1) is 13.2 Å². The molecule has 0 unspecified atom stereocenters. The Kier molecular flexibility index (Phi) is 6.84. The molecule has 0 fully saturated rings. The highest BCUT2D eigenvalue weighted by Gasteiger charge is 2.17. The van der Waals surface area contributed by atoms with Crippen LogP contribution >= 0.6 is 0 Å². The number of hydrogen-bond donors (Lipinski definition) is 1. The van der Waals surface area contributed by atoms with Crippen molar-refractivity contribution in [1.82, 2.24) is 14.8 Å². The third-order valence-electron chi connectivity index (χ3n) is 4.88. The van der Waals surface area contributed by atoms with Crippen LogP contribution in [0.25, 0.3) is 6.08 Å². The van der Waals surface area contributed by atoms with E-state index in [-0.39, 0.29) is 11.8 Å². The van der Waals surface area contributed by atoms with Gasteiger partial charge in [-0.3, -0.25) is 14.5 Å². The molecule has 2 heterocycles. The van der Waals surface area contributed by atoms with Crippen LogP contribution in [-0.2, 0) is 22.7 Å². The smallest absolute Gasteiger partial charge is 0.246 e. The van der Waals surface area contributed by atoms with Crippen LogP contribution in [-0.4, -0.2) is 53.8 Å². The number of carbonyl (C=O) groups is 2. The average Bonchev–Trinajstić information content (AvgIpc) is 2.84. The van der Waals surface area contributed by atoms with Crippen molar-refractivity contribution < 1.29 is 14.3 Å². The maximum Gasteiger partial charge on any atom is 0.246 e. The summed E-state index contributed by atoms with van der Waals surface area (Å²) in [5.74, 6) is 1.23. The first-order valence-electron chi connectivity index (χ1n) is 9.99. The second-order valence-corrected chi connectivity index (χ2v) is 7.52. The molecule has 158 valence electrons. The van der Waals surface area contributed by atoms with Gasteiger partial charge in [-0.2, -0.15) is 0 Å². The number of anilines is 1. The number of ether oxygens (including phenoxy) is 1. The Balaban J connectivity index is 1.70. The third kappa shape index (κ3) is 5.24. The molecule has 3 rings (SSSR count). The molecular weight excluding hydrogens is 380 g/mol. The highest BCUT2D eigenvalue weighted by molar-refractivity contribution is 5.93. The average molecular weight is 409 g/mol. The molecule has 1 aliphatic heterocycles. The van der Waals surface area contributed by atoms with E-state index in [0.29, 0.717) is 32.1 Å². The first kappa shape index (κ1) is 21.5. The second-order valence-electron chi connectivity index (χ2n) is 7.52. The van der Waals surface area contributed by atoms with E-state index in [9.17, 15) is 9.59 Å². The summed E-state index contributed by atoms with van der Waals surface area (Å²) < 4.78 is 5.76. The van der Waals surface area contributed by atoms with Crippen LogP contribution in [0.2, 0.25) is 0 Å². The first-order chi connectivity index (χ1) is 14.4. The summed E-state index contributed by atoms with van der Waals surface area (Å²) in [6.07, 6.45) is 4.94. The molecular formula is C23H28N4O3. The minimum atomic E-state index is -0.112. The van der Waals surface area contributed by atoms with Crippen molar-refractivity contribution in [2.24, 2.45) is 0 Å². The van der Waals surface area contributed by atoms with Crippen molar-refractivity contribution >= 4 is 23.7 Å². The molecule has 0 aliphatic carbocycles. The number of rotatable bonds is 6. The van der Waals surface area contributed by atoms with Gasteiger partial charge in [-0.15, -0.1) is 0 Å². The summed E-state index contributed by atoms with van der Waals surface area (Å²) in [6.45, 7) is 5.93. The Bertz CT molecular complexity index is 971. The maximum absolute atomic E-state index is 12.6. The van der Waals surface area contributed by atoms with Gasteiger partial charge in [-0.25, -0.2) is 4.98 Å². The Morgan fingerprint density at radius 1 is 1.37 bits per heavy atom. The van der Waals surface area contributed by atoms with Crippen LogP contribution in [0.15, 0.2) is 36.5 Å². The minimum absolute atomic E-state index is 0.0774. The standard InChI is InChI=1S/C23H28N4O3/c1-5-30-22-16(2)7-6-8-18(22)14-27(4)21(29)10-9-17-11-19-13-26(3)15-20(28)25-23(19)24-12-17/h6-12H,5,13-15H2,1-4H3,(H,24,25,28)/b10-9+. The molecule has 30 heavy (non-hydrogen) atoms. The van der Waals surface area contributed by atoms with Crippen molar-refractivity contribution in [3.8, 4) is 5.75 Å². The van der Waals surface area contributed by atoms with Crippen LogP contribution in [0, 0.1) is 6.92 Å². The molecule has 0 saturated heterocycles. The second kappa shape index (κ2) is 9.54. The lowest BCUT2D eigenvalue weighted by Crippen LogP contribution is -2.26. The highest BCUT2D eigenvalue weighted by atomic mass is 16.5. The number of nitrogens with one attached hydrogen (secondary N) is 1. The molecule has 0 radical (unpaired) electrons. The zero-order chi connectivity index (χ0) is 21.7. The minimum Gasteiger partial charge on any atom is -0.493 e. The van der Waals surface area contributed by atoms with Gasteiger partial charge in [0.25, 0.3) is 0 Å². The molecule has 1 aliphatic rings. The van der Waals surface area contributed by atoms with E-state index >= 15 is 0 Å². The van der Waals surface area contributed by atoms with Gasteiger partial charge in [-0.05, 0) is 44.2 Å². The van der Waals surface area contributed by atoms with Gasteiger partial charge in [-0.1, -0.05) is 18.2 Å². The third-order valence-corrected chi connectivity index (χ3v) is 4.88. The summed E-state index contributed by atoms with van der Waals surface area (Å²) in [5.41, 5.74) is 3.77.